The lowest BCUT2D eigenvalue weighted by molar-refractivity contribution is -0.119. The van der Waals surface area contributed by atoms with Gasteiger partial charge in [0.1, 0.15) is 11.9 Å². The number of hydrogen-bond acceptors (Lipinski definition) is 5. The van der Waals surface area contributed by atoms with Crippen LogP contribution in [-0.4, -0.2) is 68.8 Å². The Morgan fingerprint density at radius 1 is 1.30 bits per heavy atom. The average molecular weight is 416 g/mol. The van der Waals surface area contributed by atoms with Gasteiger partial charge in [0, 0.05) is 39.6 Å². The van der Waals surface area contributed by atoms with Crippen LogP contribution in [0.2, 0.25) is 0 Å². The Morgan fingerprint density at radius 3 is 2.73 bits per heavy atom. The number of allylic oxidation sites excluding steroid dienone is 2. The van der Waals surface area contributed by atoms with Crippen molar-refractivity contribution in [1.82, 2.24) is 10.2 Å². The van der Waals surface area contributed by atoms with Gasteiger partial charge < -0.3 is 15.0 Å². The molecule has 1 N–H and O–H groups in total. The maximum atomic E-state index is 14.8. The van der Waals surface area contributed by atoms with Gasteiger partial charge in [-0.1, -0.05) is 18.2 Å². The molecule has 2 saturated heterocycles. The molecule has 2 aliphatic rings. The van der Waals surface area contributed by atoms with Gasteiger partial charge in [-0.25, -0.2) is 9.18 Å². The summed E-state index contributed by atoms with van der Waals surface area (Å²) in [5, 5.41) is 2.63. The summed E-state index contributed by atoms with van der Waals surface area (Å²) < 4.78 is 20.1. The third-order valence-corrected chi connectivity index (χ3v) is 5.24. The minimum absolute atomic E-state index is 0.187. The molecular weight excluding hydrogens is 387 g/mol. The predicted octanol–water partition coefficient (Wildman–Crippen LogP) is 2.54. The highest BCUT2D eigenvalue weighted by Gasteiger charge is 2.33. The average Bonchev–Trinajstić information content (AvgIpc) is 3.11. The van der Waals surface area contributed by atoms with Gasteiger partial charge in [-0.2, -0.15) is 0 Å². The molecule has 0 saturated carbocycles. The molecule has 1 aromatic rings. The monoisotopic (exact) mass is 416 g/mol. The number of carbonyl (C=O) groups excluding carboxylic acids is 2. The molecule has 162 valence electrons. The lowest BCUT2D eigenvalue weighted by Crippen LogP contribution is -2.46. The summed E-state index contributed by atoms with van der Waals surface area (Å²) in [5.41, 5.74) is 1.00. The van der Waals surface area contributed by atoms with E-state index in [1.54, 1.807) is 12.1 Å². The van der Waals surface area contributed by atoms with Gasteiger partial charge in [0.05, 0.1) is 24.5 Å². The van der Waals surface area contributed by atoms with Crippen molar-refractivity contribution >= 4 is 23.4 Å². The smallest absolute Gasteiger partial charge is 0.414 e. The first kappa shape index (κ1) is 21.8. The van der Waals surface area contributed by atoms with E-state index in [9.17, 15) is 14.0 Å². The third kappa shape index (κ3) is 5.60. The minimum atomic E-state index is -0.532. The Bertz CT molecular complexity index is 806. The van der Waals surface area contributed by atoms with Gasteiger partial charge in [-0.3, -0.25) is 14.6 Å². The summed E-state index contributed by atoms with van der Waals surface area (Å²) in [5.74, 6) is -0.544. The Kier molecular flexibility index (Phi) is 7.46. The maximum Gasteiger partial charge on any atom is 0.414 e. The molecule has 0 aliphatic carbocycles. The van der Waals surface area contributed by atoms with Gasteiger partial charge >= 0.3 is 6.09 Å². The lowest BCUT2D eigenvalue weighted by atomic mass is 10.2. The number of cyclic esters (lactones) is 1. The fourth-order valence-corrected chi connectivity index (χ4v) is 3.60. The molecule has 0 aromatic heterocycles. The molecule has 1 atom stereocenters. The number of piperazine rings is 1. The topological polar surface area (TPSA) is 65.1 Å². The molecule has 0 unspecified atom stereocenters. The van der Waals surface area contributed by atoms with Crippen LogP contribution in [-0.2, 0) is 9.53 Å². The van der Waals surface area contributed by atoms with Gasteiger partial charge in [0.2, 0.25) is 5.91 Å². The van der Waals surface area contributed by atoms with Crippen LogP contribution in [0.25, 0.3) is 0 Å². The van der Waals surface area contributed by atoms with Crippen LogP contribution in [0.1, 0.15) is 13.3 Å². The van der Waals surface area contributed by atoms with Crippen LogP contribution in [0.3, 0.4) is 0 Å². The number of halogens is 1. The van der Waals surface area contributed by atoms with E-state index >= 15 is 0 Å². The van der Waals surface area contributed by atoms with Crippen LogP contribution in [0.15, 0.2) is 43.0 Å². The van der Waals surface area contributed by atoms with Crippen LogP contribution >= 0.6 is 0 Å². The third-order valence-electron chi connectivity index (χ3n) is 5.24. The van der Waals surface area contributed by atoms with Crippen molar-refractivity contribution in [1.29, 1.82) is 0 Å². The summed E-state index contributed by atoms with van der Waals surface area (Å²) in [7, 11) is 0. The van der Waals surface area contributed by atoms with Crippen LogP contribution in [0, 0.1) is 5.82 Å². The van der Waals surface area contributed by atoms with E-state index in [4.69, 9.17) is 4.74 Å². The molecule has 0 spiro atoms. The summed E-state index contributed by atoms with van der Waals surface area (Å²) in [6.07, 6.45) is 6.00. The number of hydrogen-bond donors (Lipinski definition) is 1. The van der Waals surface area contributed by atoms with Crippen molar-refractivity contribution in [2.24, 2.45) is 0 Å². The minimum Gasteiger partial charge on any atom is -0.442 e. The fraction of sp³-hybridized carbons (Fsp3) is 0.455. The summed E-state index contributed by atoms with van der Waals surface area (Å²) in [6, 6.07) is 4.84. The number of carbonyl (C=O) groups is 2. The van der Waals surface area contributed by atoms with Crippen molar-refractivity contribution < 1.29 is 18.7 Å². The maximum absolute atomic E-state index is 14.8. The van der Waals surface area contributed by atoms with Crippen molar-refractivity contribution in [3.8, 4) is 0 Å². The molecule has 7 nitrogen and oxygen atoms in total. The van der Waals surface area contributed by atoms with E-state index in [1.165, 1.54) is 17.9 Å². The molecule has 2 amide bonds. The highest BCUT2D eigenvalue weighted by Crippen LogP contribution is 2.28. The van der Waals surface area contributed by atoms with Crippen molar-refractivity contribution in [3.63, 3.8) is 0 Å². The quantitative estimate of drug-likeness (QED) is 0.660. The second kappa shape index (κ2) is 10.2. The summed E-state index contributed by atoms with van der Waals surface area (Å²) in [4.78, 5) is 28.9. The lowest BCUT2D eigenvalue weighted by Gasteiger charge is -2.35. The summed E-state index contributed by atoms with van der Waals surface area (Å²) >= 11 is 0. The van der Waals surface area contributed by atoms with E-state index < -0.39 is 12.2 Å². The SMILES string of the molecule is C=CC/C=C/CN1CCN(c2ccc(N3C[C@H](CNC(C)=O)OC3=O)cc2F)CC1. The number of benzene rings is 1. The molecule has 0 radical (unpaired) electrons. The number of nitrogens with zero attached hydrogens (tertiary/aromatic N) is 3. The first-order valence-electron chi connectivity index (χ1n) is 10.2. The fourth-order valence-electron chi connectivity index (χ4n) is 3.60. The Morgan fingerprint density at radius 2 is 2.07 bits per heavy atom. The number of rotatable bonds is 8. The molecular formula is C22H29FN4O3. The normalized spacial score (nSPS) is 19.9. The molecule has 8 heteroatoms. The second-order valence-electron chi connectivity index (χ2n) is 7.47. The van der Waals surface area contributed by atoms with E-state index in [0.717, 1.165) is 39.1 Å². The van der Waals surface area contributed by atoms with Crippen LogP contribution in [0.4, 0.5) is 20.6 Å². The number of anilines is 2. The molecule has 30 heavy (non-hydrogen) atoms. The van der Waals surface area contributed by atoms with E-state index in [-0.39, 0.29) is 24.8 Å². The Hall–Kier alpha value is -2.87. The zero-order valence-electron chi connectivity index (χ0n) is 17.3. The zero-order chi connectivity index (χ0) is 21.5. The van der Waals surface area contributed by atoms with Gasteiger partial charge in [-0.05, 0) is 24.6 Å². The van der Waals surface area contributed by atoms with Gasteiger partial charge in [-0.15, -0.1) is 6.58 Å². The molecule has 1 aromatic carbocycles. The first-order chi connectivity index (χ1) is 14.5. The number of ether oxygens (including phenoxy) is 1. The number of nitrogens with one attached hydrogen (secondary N) is 1. The summed E-state index contributed by atoms with van der Waals surface area (Å²) in [6.45, 7) is 9.73. The standard InChI is InChI=1S/C22H29FN4O3/c1-3-4-5-6-9-25-10-12-26(13-11-25)21-8-7-18(14-20(21)23)27-16-19(30-22(27)29)15-24-17(2)28/h3,5-8,14,19H,1,4,9-13,15-16H2,2H3,(H,24,28)/b6-5+/t19-/m0/s1. The number of amides is 2. The molecule has 3 rings (SSSR count). The van der Waals surface area contributed by atoms with Gasteiger partial charge in [0.25, 0.3) is 0 Å². The predicted molar refractivity (Wildman–Crippen MR) is 115 cm³/mol. The van der Waals surface area contributed by atoms with Crippen LogP contribution < -0.4 is 15.1 Å². The van der Waals surface area contributed by atoms with E-state index in [1.807, 2.05) is 11.0 Å². The second-order valence-corrected chi connectivity index (χ2v) is 7.47. The highest BCUT2D eigenvalue weighted by molar-refractivity contribution is 5.90. The van der Waals surface area contributed by atoms with Crippen molar-refractivity contribution in [2.45, 2.75) is 19.4 Å². The largest absolute Gasteiger partial charge is 0.442 e. The highest BCUT2D eigenvalue weighted by atomic mass is 19.1. The molecule has 0 bridgehead atoms. The van der Waals surface area contributed by atoms with Gasteiger partial charge in [0.15, 0.2) is 0 Å². The van der Waals surface area contributed by atoms with Crippen molar-refractivity contribution in [3.05, 3.63) is 48.8 Å². The molecule has 2 heterocycles. The van der Waals surface area contributed by atoms with E-state index in [0.29, 0.717) is 11.4 Å². The van der Waals surface area contributed by atoms with E-state index in [2.05, 4.69) is 28.9 Å². The Balaban J connectivity index is 1.56. The van der Waals surface area contributed by atoms with Crippen molar-refractivity contribution in [2.75, 3.05) is 55.6 Å². The van der Waals surface area contributed by atoms with Crippen LogP contribution in [0.5, 0.6) is 0 Å². The first-order valence-corrected chi connectivity index (χ1v) is 10.2. The molecule has 2 fully saturated rings. The Labute approximate surface area is 176 Å². The zero-order valence-corrected chi connectivity index (χ0v) is 17.3. The molecule has 2 aliphatic heterocycles.